The van der Waals surface area contributed by atoms with E-state index in [1.807, 2.05) is 0 Å². The van der Waals surface area contributed by atoms with Crippen molar-refractivity contribution in [3.63, 3.8) is 0 Å². The molecule has 0 aromatic heterocycles. The van der Waals surface area contributed by atoms with Crippen LogP contribution in [0.4, 0.5) is 11.4 Å². The average Bonchev–Trinajstić information content (AvgIpc) is 2.53. The van der Waals surface area contributed by atoms with Gasteiger partial charge in [-0.3, -0.25) is 29.8 Å². The molecule has 2 aromatic carbocycles. The van der Waals surface area contributed by atoms with Crippen molar-refractivity contribution < 1.29 is 24.5 Å². The van der Waals surface area contributed by atoms with Crippen LogP contribution in [0, 0.1) is 20.2 Å². The molecule has 116 valence electrons. The molecule has 0 amide bonds. The first-order chi connectivity index (χ1) is 10.8. The second-order valence-corrected chi connectivity index (χ2v) is 4.37. The van der Waals surface area contributed by atoms with Crippen LogP contribution in [0.15, 0.2) is 42.5 Å². The van der Waals surface area contributed by atoms with E-state index in [1.165, 1.54) is 24.3 Å². The van der Waals surface area contributed by atoms with Crippen LogP contribution >= 0.6 is 0 Å². The van der Waals surface area contributed by atoms with Gasteiger partial charge in [-0.05, 0) is 12.1 Å². The Hall–Kier alpha value is -3.62. The normalized spacial score (nSPS) is 10.1. The Balaban J connectivity index is 2.62. The van der Waals surface area contributed by atoms with Crippen LogP contribution in [0.3, 0.4) is 0 Å². The molecule has 0 fully saturated rings. The number of ketones is 2. The molecule has 0 radical (unpaired) electrons. The highest BCUT2D eigenvalue weighted by Gasteiger charge is 2.37. The van der Waals surface area contributed by atoms with Crippen LogP contribution in [0.25, 0.3) is 0 Å². The molecular weight excluding hydrogens is 308 g/mol. The largest absolute Gasteiger partial charge is 0.502 e. The molecule has 0 aliphatic heterocycles. The first-order valence-electron chi connectivity index (χ1n) is 6.13. The minimum atomic E-state index is -1.27. The van der Waals surface area contributed by atoms with Crippen molar-refractivity contribution in [2.45, 2.75) is 0 Å². The lowest BCUT2D eigenvalue weighted by atomic mass is 9.99. The van der Waals surface area contributed by atoms with Gasteiger partial charge >= 0.3 is 11.4 Å². The molecule has 9 heteroatoms. The zero-order valence-electron chi connectivity index (χ0n) is 11.3. The number of Topliss-reactive ketones (excluding diaryl/α,β-unsaturated/α-hetero) is 2. The third-order valence-corrected chi connectivity index (χ3v) is 2.98. The smallest absolute Gasteiger partial charge is 0.387 e. The van der Waals surface area contributed by atoms with E-state index in [0.717, 1.165) is 12.1 Å². The van der Waals surface area contributed by atoms with Crippen LogP contribution in [0.1, 0.15) is 20.7 Å². The van der Waals surface area contributed by atoms with Gasteiger partial charge in [0, 0.05) is 5.56 Å². The maximum absolute atomic E-state index is 12.2. The maximum Gasteiger partial charge on any atom is 0.387 e. The molecule has 0 aliphatic carbocycles. The Kier molecular flexibility index (Phi) is 4.12. The summed E-state index contributed by atoms with van der Waals surface area (Å²) in [6.45, 7) is 0. The van der Waals surface area contributed by atoms with Crippen molar-refractivity contribution in [1.29, 1.82) is 0 Å². The zero-order chi connectivity index (χ0) is 17.1. The Morgan fingerprint density at radius 3 is 1.91 bits per heavy atom. The van der Waals surface area contributed by atoms with Crippen LogP contribution in [0.5, 0.6) is 5.75 Å². The Labute approximate surface area is 128 Å². The first kappa shape index (κ1) is 15.8. The number of benzene rings is 2. The van der Waals surface area contributed by atoms with Gasteiger partial charge in [0.25, 0.3) is 0 Å². The summed E-state index contributed by atoms with van der Waals surface area (Å²) in [5.41, 5.74) is -3.22. The number of nitrogens with zero attached hydrogens (tertiary/aromatic N) is 2. The second kappa shape index (κ2) is 6.02. The van der Waals surface area contributed by atoms with Crippen molar-refractivity contribution in [3.8, 4) is 5.75 Å². The van der Waals surface area contributed by atoms with E-state index in [4.69, 9.17) is 0 Å². The molecule has 2 aromatic rings. The topological polar surface area (TPSA) is 141 Å². The first-order valence-corrected chi connectivity index (χ1v) is 6.13. The van der Waals surface area contributed by atoms with Crippen LogP contribution < -0.4 is 0 Å². The standard InChI is InChI=1S/C14H8N2O7/c17-10-7-6-9(11(15(20)21)12(10)16(22)23)14(19)13(18)8-4-2-1-3-5-8/h1-7,17H. The zero-order valence-corrected chi connectivity index (χ0v) is 11.3. The van der Waals surface area contributed by atoms with Crippen LogP contribution in [-0.4, -0.2) is 26.5 Å². The van der Waals surface area contributed by atoms with E-state index < -0.39 is 44.1 Å². The van der Waals surface area contributed by atoms with Crippen molar-refractivity contribution >= 4 is 22.9 Å². The average molecular weight is 316 g/mol. The van der Waals surface area contributed by atoms with Gasteiger partial charge in [-0.1, -0.05) is 30.3 Å². The second-order valence-electron chi connectivity index (χ2n) is 4.37. The molecule has 0 spiro atoms. The number of rotatable bonds is 5. The summed E-state index contributed by atoms with van der Waals surface area (Å²) in [4.78, 5) is 43.9. The molecule has 0 atom stereocenters. The summed E-state index contributed by atoms with van der Waals surface area (Å²) >= 11 is 0. The van der Waals surface area contributed by atoms with Crippen molar-refractivity contribution in [1.82, 2.24) is 0 Å². The number of hydrogen-bond acceptors (Lipinski definition) is 7. The minimum absolute atomic E-state index is 0.0115. The van der Waals surface area contributed by atoms with Gasteiger partial charge in [0.1, 0.15) is 5.56 Å². The third kappa shape index (κ3) is 2.88. The minimum Gasteiger partial charge on any atom is -0.502 e. The van der Waals surface area contributed by atoms with E-state index in [-0.39, 0.29) is 5.56 Å². The van der Waals surface area contributed by atoms with Crippen molar-refractivity contribution in [2.75, 3.05) is 0 Å². The fourth-order valence-corrected chi connectivity index (χ4v) is 1.96. The van der Waals surface area contributed by atoms with Crippen LogP contribution in [0.2, 0.25) is 0 Å². The highest BCUT2D eigenvalue weighted by molar-refractivity contribution is 6.50. The summed E-state index contributed by atoms with van der Waals surface area (Å²) in [6, 6.07) is 8.83. The summed E-state index contributed by atoms with van der Waals surface area (Å²) in [5.74, 6) is -3.29. The maximum atomic E-state index is 12.2. The molecule has 2 rings (SSSR count). The molecule has 0 unspecified atom stereocenters. The molecular formula is C14H8N2O7. The molecule has 0 aliphatic rings. The number of nitro benzene ring substituents is 2. The van der Waals surface area contributed by atoms with Gasteiger partial charge in [0.05, 0.1) is 9.85 Å². The number of phenols is 1. The van der Waals surface area contributed by atoms with Gasteiger partial charge in [-0.2, -0.15) is 0 Å². The highest BCUT2D eigenvalue weighted by atomic mass is 16.6. The number of carbonyl (C=O) groups is 2. The van der Waals surface area contributed by atoms with E-state index in [0.29, 0.717) is 0 Å². The van der Waals surface area contributed by atoms with E-state index in [9.17, 15) is 34.9 Å². The predicted molar refractivity (Wildman–Crippen MR) is 76.5 cm³/mol. The number of hydrogen-bond donors (Lipinski definition) is 1. The molecule has 9 nitrogen and oxygen atoms in total. The summed E-state index contributed by atoms with van der Waals surface area (Å²) in [6.07, 6.45) is 0. The molecule has 23 heavy (non-hydrogen) atoms. The fraction of sp³-hybridized carbons (Fsp3) is 0. The number of carbonyl (C=O) groups excluding carboxylic acids is 2. The SMILES string of the molecule is O=C(C(=O)c1ccc(O)c([N+](=O)[O-])c1[N+](=O)[O-])c1ccccc1. The third-order valence-electron chi connectivity index (χ3n) is 2.98. The quantitative estimate of drug-likeness (QED) is 0.386. The van der Waals surface area contributed by atoms with E-state index >= 15 is 0 Å². The fourth-order valence-electron chi connectivity index (χ4n) is 1.96. The lowest BCUT2D eigenvalue weighted by Gasteiger charge is -2.04. The summed E-state index contributed by atoms with van der Waals surface area (Å²) < 4.78 is 0. The predicted octanol–water partition coefficient (Wildman–Crippen LogP) is 2.27. The van der Waals surface area contributed by atoms with E-state index in [1.54, 1.807) is 6.07 Å². The lowest BCUT2D eigenvalue weighted by molar-refractivity contribution is -0.423. The van der Waals surface area contributed by atoms with Gasteiger partial charge < -0.3 is 5.11 Å². The summed E-state index contributed by atoms with van der Waals surface area (Å²) in [7, 11) is 0. The van der Waals surface area contributed by atoms with Gasteiger partial charge in [0.2, 0.25) is 17.3 Å². The molecule has 0 saturated heterocycles. The number of aromatic hydroxyl groups is 1. The molecule has 0 heterocycles. The monoisotopic (exact) mass is 316 g/mol. The Morgan fingerprint density at radius 1 is 0.826 bits per heavy atom. The number of nitro groups is 2. The van der Waals surface area contributed by atoms with Crippen molar-refractivity contribution in [2.24, 2.45) is 0 Å². The van der Waals surface area contributed by atoms with Gasteiger partial charge in [-0.25, -0.2) is 0 Å². The highest BCUT2D eigenvalue weighted by Crippen LogP contribution is 2.38. The van der Waals surface area contributed by atoms with E-state index in [2.05, 4.69) is 0 Å². The Bertz CT molecular complexity index is 831. The molecule has 1 N–H and O–H groups in total. The van der Waals surface area contributed by atoms with Crippen LogP contribution in [-0.2, 0) is 0 Å². The Morgan fingerprint density at radius 2 is 1.39 bits per heavy atom. The van der Waals surface area contributed by atoms with Crippen molar-refractivity contribution in [3.05, 3.63) is 73.8 Å². The number of phenolic OH excluding ortho intramolecular Hbond substituents is 1. The molecule has 0 saturated carbocycles. The molecule has 0 bridgehead atoms. The van der Waals surface area contributed by atoms with Gasteiger partial charge in [-0.15, -0.1) is 0 Å². The summed E-state index contributed by atoms with van der Waals surface area (Å²) in [5, 5.41) is 31.4. The lowest BCUT2D eigenvalue weighted by Crippen LogP contribution is -2.16. The van der Waals surface area contributed by atoms with Gasteiger partial charge in [0.15, 0.2) is 0 Å².